The molecule has 0 aliphatic rings. The van der Waals surface area contributed by atoms with Gasteiger partial charge in [-0.3, -0.25) is 0 Å². The van der Waals surface area contributed by atoms with Gasteiger partial charge in [0.05, 0.1) is 13.2 Å². The molecular weight excluding hydrogens is 218 g/mol. The van der Waals surface area contributed by atoms with E-state index < -0.39 is 0 Å². The number of hydrogen-bond acceptors (Lipinski definition) is 3. The van der Waals surface area contributed by atoms with Gasteiger partial charge in [0.1, 0.15) is 0 Å². The Morgan fingerprint density at radius 3 is 2.31 bits per heavy atom. The zero-order valence-electron chi connectivity index (χ0n) is 10.4. The van der Waals surface area contributed by atoms with E-state index in [2.05, 4.69) is 56.6 Å². The Bertz CT molecular complexity index is 307. The average molecular weight is 239 g/mol. The van der Waals surface area contributed by atoms with Gasteiger partial charge in [-0.1, -0.05) is 6.07 Å². The summed E-state index contributed by atoms with van der Waals surface area (Å²) in [5, 5.41) is 0. The molecule has 0 amide bonds. The van der Waals surface area contributed by atoms with Crippen LogP contribution < -0.4 is 4.90 Å². The van der Waals surface area contributed by atoms with Gasteiger partial charge in [0.25, 0.3) is 0 Å². The summed E-state index contributed by atoms with van der Waals surface area (Å²) >= 11 is 4.10. The second-order valence-corrected chi connectivity index (χ2v) is 4.55. The molecule has 90 valence electrons. The van der Waals surface area contributed by atoms with Crippen molar-refractivity contribution in [2.75, 3.05) is 37.5 Å². The first-order valence-corrected chi connectivity index (χ1v) is 6.25. The van der Waals surface area contributed by atoms with Crippen molar-refractivity contribution in [2.24, 2.45) is 0 Å². The second-order valence-electron chi connectivity index (χ2n) is 4.10. The Kier molecular flexibility index (Phi) is 5.71. The first-order valence-electron chi connectivity index (χ1n) is 5.61. The second kappa shape index (κ2) is 6.81. The van der Waals surface area contributed by atoms with Gasteiger partial charge in [-0.05, 0) is 37.1 Å². The summed E-state index contributed by atoms with van der Waals surface area (Å²) in [6.45, 7) is 6.65. The number of likely N-dealkylation sites (N-methyl/N-ethyl adjacent to an activating group) is 1. The fourth-order valence-corrected chi connectivity index (χ4v) is 1.80. The molecule has 2 nitrogen and oxygen atoms in total. The maximum absolute atomic E-state index is 5.42. The molecule has 1 aromatic carbocycles. The van der Waals surface area contributed by atoms with E-state index in [1.807, 2.05) is 0 Å². The predicted octanol–water partition coefficient (Wildman–Crippen LogP) is 2.69. The first-order chi connectivity index (χ1) is 7.63. The van der Waals surface area contributed by atoms with Crippen LogP contribution in [0.25, 0.3) is 0 Å². The lowest BCUT2D eigenvalue weighted by Crippen LogP contribution is -2.23. The highest BCUT2D eigenvalue weighted by Crippen LogP contribution is 2.17. The first kappa shape index (κ1) is 13.4. The van der Waals surface area contributed by atoms with E-state index in [4.69, 9.17) is 4.74 Å². The zero-order valence-corrected chi connectivity index (χ0v) is 11.3. The van der Waals surface area contributed by atoms with Crippen molar-refractivity contribution in [3.63, 3.8) is 0 Å². The smallest absolute Gasteiger partial charge is 0.0641 e. The van der Waals surface area contributed by atoms with Crippen molar-refractivity contribution in [1.82, 2.24) is 0 Å². The van der Waals surface area contributed by atoms with Crippen LogP contribution in [0.2, 0.25) is 0 Å². The fraction of sp³-hybridized carbons (Fsp3) is 0.538. The molecule has 0 unspecified atom stereocenters. The molecule has 0 spiro atoms. The molecule has 0 aromatic heterocycles. The van der Waals surface area contributed by atoms with Crippen molar-refractivity contribution >= 4 is 18.3 Å². The van der Waals surface area contributed by atoms with Crippen molar-refractivity contribution in [3.8, 4) is 0 Å². The Balaban J connectivity index is 2.48. The summed E-state index contributed by atoms with van der Waals surface area (Å²) in [5.41, 5.74) is 3.86. The summed E-state index contributed by atoms with van der Waals surface area (Å²) < 4.78 is 5.42. The highest BCUT2D eigenvalue weighted by atomic mass is 32.1. The van der Waals surface area contributed by atoms with Gasteiger partial charge in [-0.2, -0.15) is 12.6 Å². The standard InChI is InChI=1S/C13H21NOS/c1-11-8-12(2)10-13(9-11)14(3)4-5-15-6-7-16/h8-10,16H,4-7H2,1-3H3. The van der Waals surface area contributed by atoms with Gasteiger partial charge < -0.3 is 9.64 Å². The van der Waals surface area contributed by atoms with Gasteiger partial charge in [0.15, 0.2) is 0 Å². The Labute approximate surface area is 104 Å². The van der Waals surface area contributed by atoms with Gasteiger partial charge >= 0.3 is 0 Å². The zero-order chi connectivity index (χ0) is 12.0. The highest BCUT2D eigenvalue weighted by Gasteiger charge is 2.01. The molecule has 3 heteroatoms. The van der Waals surface area contributed by atoms with E-state index >= 15 is 0 Å². The molecule has 0 aliphatic carbocycles. The average Bonchev–Trinajstić information content (AvgIpc) is 2.22. The van der Waals surface area contributed by atoms with Crippen LogP contribution in [0, 0.1) is 13.8 Å². The number of rotatable bonds is 6. The lowest BCUT2D eigenvalue weighted by molar-refractivity contribution is 0.157. The van der Waals surface area contributed by atoms with Crippen LogP contribution in [-0.4, -0.2) is 32.6 Å². The molecule has 1 aromatic rings. The minimum Gasteiger partial charge on any atom is -0.379 e. The van der Waals surface area contributed by atoms with Gasteiger partial charge in [0.2, 0.25) is 0 Å². The van der Waals surface area contributed by atoms with Crippen LogP contribution in [0.3, 0.4) is 0 Å². The van der Waals surface area contributed by atoms with Crippen molar-refractivity contribution in [1.29, 1.82) is 0 Å². The molecule has 1 rings (SSSR count). The normalized spacial score (nSPS) is 10.5. The van der Waals surface area contributed by atoms with Crippen LogP contribution in [0.15, 0.2) is 18.2 Å². The summed E-state index contributed by atoms with van der Waals surface area (Å²) in [7, 11) is 2.10. The number of anilines is 1. The largest absolute Gasteiger partial charge is 0.379 e. The number of benzene rings is 1. The summed E-state index contributed by atoms with van der Waals surface area (Å²) in [4.78, 5) is 2.22. The van der Waals surface area contributed by atoms with E-state index in [-0.39, 0.29) is 0 Å². The predicted molar refractivity (Wildman–Crippen MR) is 73.9 cm³/mol. The van der Waals surface area contributed by atoms with Gasteiger partial charge in [-0.15, -0.1) is 0 Å². The molecule has 0 heterocycles. The number of aryl methyl sites for hydroxylation is 2. The number of hydrogen-bond donors (Lipinski definition) is 1. The van der Waals surface area contributed by atoms with E-state index in [1.165, 1.54) is 16.8 Å². The number of nitrogens with zero attached hydrogens (tertiary/aromatic N) is 1. The van der Waals surface area contributed by atoms with Crippen LogP contribution in [0.4, 0.5) is 5.69 Å². The lowest BCUT2D eigenvalue weighted by atomic mass is 10.1. The molecule has 0 saturated carbocycles. The maximum atomic E-state index is 5.42. The quantitative estimate of drug-likeness (QED) is 0.605. The third-order valence-corrected chi connectivity index (χ3v) is 2.64. The molecule has 16 heavy (non-hydrogen) atoms. The summed E-state index contributed by atoms with van der Waals surface area (Å²) in [6.07, 6.45) is 0. The molecule has 0 saturated heterocycles. The summed E-state index contributed by atoms with van der Waals surface area (Å²) in [6, 6.07) is 6.59. The molecule has 0 atom stereocenters. The summed E-state index contributed by atoms with van der Waals surface area (Å²) in [5.74, 6) is 0.785. The van der Waals surface area contributed by atoms with Crippen molar-refractivity contribution in [3.05, 3.63) is 29.3 Å². The van der Waals surface area contributed by atoms with Gasteiger partial charge in [0, 0.05) is 25.0 Å². The van der Waals surface area contributed by atoms with E-state index in [0.29, 0.717) is 0 Å². The van der Waals surface area contributed by atoms with Crippen molar-refractivity contribution in [2.45, 2.75) is 13.8 Å². The number of thiol groups is 1. The topological polar surface area (TPSA) is 12.5 Å². The molecule has 0 radical (unpaired) electrons. The fourth-order valence-electron chi connectivity index (χ4n) is 1.67. The van der Waals surface area contributed by atoms with Crippen LogP contribution in [-0.2, 0) is 4.74 Å². The third kappa shape index (κ3) is 4.45. The maximum Gasteiger partial charge on any atom is 0.0641 e. The Morgan fingerprint density at radius 2 is 1.75 bits per heavy atom. The molecule has 0 aliphatic heterocycles. The Morgan fingerprint density at radius 1 is 1.12 bits per heavy atom. The van der Waals surface area contributed by atoms with E-state index in [0.717, 1.165) is 25.5 Å². The SMILES string of the molecule is Cc1cc(C)cc(N(C)CCOCCS)c1. The van der Waals surface area contributed by atoms with Gasteiger partial charge in [-0.25, -0.2) is 0 Å². The monoisotopic (exact) mass is 239 g/mol. The van der Waals surface area contributed by atoms with Crippen LogP contribution in [0.5, 0.6) is 0 Å². The third-order valence-electron chi connectivity index (χ3n) is 2.45. The number of ether oxygens (including phenoxy) is 1. The van der Waals surface area contributed by atoms with Crippen LogP contribution in [0.1, 0.15) is 11.1 Å². The minimum atomic E-state index is 0.726. The molecule has 0 fully saturated rings. The van der Waals surface area contributed by atoms with E-state index in [1.54, 1.807) is 0 Å². The van der Waals surface area contributed by atoms with Crippen LogP contribution >= 0.6 is 12.6 Å². The van der Waals surface area contributed by atoms with Crippen molar-refractivity contribution < 1.29 is 4.74 Å². The van der Waals surface area contributed by atoms with E-state index in [9.17, 15) is 0 Å². The Hall–Kier alpha value is -0.670. The minimum absolute atomic E-state index is 0.726. The molecule has 0 bridgehead atoms. The lowest BCUT2D eigenvalue weighted by Gasteiger charge is -2.20. The molecular formula is C13H21NOS. The highest BCUT2D eigenvalue weighted by molar-refractivity contribution is 7.80. The molecule has 0 N–H and O–H groups in total.